The molecule has 1 saturated heterocycles. The number of carbonyl (C=O) groups excluding carboxylic acids is 2. The van der Waals surface area contributed by atoms with Crippen LogP contribution in [0.2, 0.25) is 0 Å². The van der Waals surface area contributed by atoms with E-state index in [1.54, 1.807) is 17.7 Å². The third-order valence-corrected chi connectivity index (χ3v) is 9.05. The zero-order valence-corrected chi connectivity index (χ0v) is 21.9. The summed E-state index contributed by atoms with van der Waals surface area (Å²) in [5, 5.41) is 15.7. The number of aromatic amines is 1. The van der Waals surface area contributed by atoms with E-state index in [0.29, 0.717) is 25.7 Å². The van der Waals surface area contributed by atoms with Gasteiger partial charge in [-0.05, 0) is 55.9 Å². The van der Waals surface area contributed by atoms with Crippen molar-refractivity contribution in [2.75, 3.05) is 38.0 Å². The predicted octanol–water partition coefficient (Wildman–Crippen LogP) is 2.84. The number of hydrogen-bond acceptors (Lipinski definition) is 8. The molecular weight excluding hydrogens is 500 g/mol. The van der Waals surface area contributed by atoms with E-state index in [4.69, 9.17) is 0 Å². The van der Waals surface area contributed by atoms with Crippen molar-refractivity contribution in [3.8, 4) is 0 Å². The normalized spacial score (nSPS) is 20.0. The van der Waals surface area contributed by atoms with E-state index in [0.717, 1.165) is 77.8 Å². The van der Waals surface area contributed by atoms with Crippen LogP contribution in [0.5, 0.6) is 0 Å². The highest BCUT2D eigenvalue weighted by atomic mass is 32.1. The average Bonchev–Trinajstić information content (AvgIpc) is 3.47. The molecule has 0 spiro atoms. The lowest BCUT2D eigenvalue weighted by molar-refractivity contribution is -0.137. The zero-order valence-electron chi connectivity index (χ0n) is 21.1. The molecule has 2 amide bonds. The number of aryl methyl sites for hydroxylation is 1. The number of benzene rings is 1. The van der Waals surface area contributed by atoms with Gasteiger partial charge in [0.15, 0.2) is 0 Å². The van der Waals surface area contributed by atoms with E-state index < -0.39 is 0 Å². The highest BCUT2D eigenvalue weighted by Gasteiger charge is 2.33. The first-order valence-electron chi connectivity index (χ1n) is 13.4. The number of aromatic nitrogens is 4. The fraction of sp³-hybridized carbons (Fsp3) is 0.444. The van der Waals surface area contributed by atoms with Gasteiger partial charge < -0.3 is 15.5 Å². The molecule has 1 aromatic carbocycles. The van der Waals surface area contributed by atoms with Gasteiger partial charge in [0.25, 0.3) is 0 Å². The van der Waals surface area contributed by atoms with E-state index in [9.17, 15) is 9.59 Å². The van der Waals surface area contributed by atoms with Gasteiger partial charge in [-0.2, -0.15) is 5.10 Å². The Kier molecular flexibility index (Phi) is 5.96. The Bertz CT molecular complexity index is 1520. The molecule has 10 nitrogen and oxygen atoms in total. The quantitative estimate of drug-likeness (QED) is 0.351. The number of piperazine rings is 1. The Hall–Kier alpha value is -3.57. The maximum atomic E-state index is 13.4. The molecule has 11 heteroatoms. The molecule has 3 aromatic heterocycles. The van der Waals surface area contributed by atoms with Crippen LogP contribution in [-0.4, -0.2) is 80.5 Å². The van der Waals surface area contributed by atoms with Gasteiger partial charge >= 0.3 is 0 Å². The summed E-state index contributed by atoms with van der Waals surface area (Å²) in [6.45, 7) is 3.30. The first kappa shape index (κ1) is 23.5. The smallest absolute Gasteiger partial charge is 0.234 e. The minimum atomic E-state index is -0.00635. The summed E-state index contributed by atoms with van der Waals surface area (Å²) in [5.41, 5.74) is 3.22. The van der Waals surface area contributed by atoms with Crippen molar-refractivity contribution in [2.45, 2.75) is 38.1 Å². The third-order valence-electron chi connectivity index (χ3n) is 7.89. The number of nitrogens with one attached hydrogen (secondary N) is 3. The molecule has 0 bridgehead atoms. The second-order valence-electron chi connectivity index (χ2n) is 10.6. The molecule has 38 heavy (non-hydrogen) atoms. The largest absolute Gasteiger partial charge is 0.352 e. The van der Waals surface area contributed by atoms with Gasteiger partial charge in [0.1, 0.15) is 17.0 Å². The van der Waals surface area contributed by atoms with Gasteiger partial charge in [-0.1, -0.05) is 0 Å². The number of nitrogens with zero attached hydrogens (tertiary/aromatic N) is 5. The third kappa shape index (κ3) is 4.60. The summed E-state index contributed by atoms with van der Waals surface area (Å²) in [6, 6.07) is 6.46. The molecule has 4 aromatic rings. The zero-order chi connectivity index (χ0) is 25.6. The summed E-state index contributed by atoms with van der Waals surface area (Å²) < 4.78 is 0. The number of fused-ring (bicyclic) bond motifs is 4. The van der Waals surface area contributed by atoms with Crippen molar-refractivity contribution in [2.24, 2.45) is 5.92 Å². The van der Waals surface area contributed by atoms with Crippen molar-refractivity contribution in [3.05, 3.63) is 41.2 Å². The van der Waals surface area contributed by atoms with Crippen molar-refractivity contribution >= 4 is 55.8 Å². The molecule has 7 rings (SSSR count). The molecule has 1 saturated carbocycles. The Labute approximate surface area is 223 Å². The number of anilines is 2. The number of hydrogen-bond donors (Lipinski definition) is 3. The van der Waals surface area contributed by atoms with Crippen LogP contribution >= 0.6 is 11.3 Å². The molecule has 4 heterocycles. The van der Waals surface area contributed by atoms with Gasteiger partial charge in [-0.25, -0.2) is 9.97 Å². The standard InChI is InChI=1S/C27H30N8O2S/c36-23(31-18-2-3-18)14-34-7-9-35(10-8-34)27(37)16-1-5-20-22(12-16)38-26-24(20)25(28-15-29-26)32-19-4-6-21-17(11-19)13-30-33-21/h4,6,11,13,15-16,18H,1-3,5,7-10,12,14H2,(H,30,33)(H,31,36)(H,28,29,32)/t16-/m0/s1. The maximum absolute atomic E-state index is 13.4. The highest BCUT2D eigenvalue weighted by molar-refractivity contribution is 7.19. The van der Waals surface area contributed by atoms with E-state index in [1.807, 2.05) is 23.2 Å². The van der Waals surface area contributed by atoms with Gasteiger partial charge in [-0.15, -0.1) is 11.3 Å². The van der Waals surface area contributed by atoms with Crippen LogP contribution in [-0.2, 0) is 22.4 Å². The van der Waals surface area contributed by atoms with E-state index in [2.05, 4.69) is 41.8 Å². The Morgan fingerprint density at radius 3 is 2.82 bits per heavy atom. The number of carbonyl (C=O) groups is 2. The summed E-state index contributed by atoms with van der Waals surface area (Å²) >= 11 is 1.68. The van der Waals surface area contributed by atoms with Crippen LogP contribution in [0.4, 0.5) is 11.5 Å². The number of H-pyrrole nitrogens is 1. The van der Waals surface area contributed by atoms with Crippen LogP contribution in [0.15, 0.2) is 30.7 Å². The van der Waals surface area contributed by atoms with E-state index in [-0.39, 0.29) is 17.7 Å². The fourth-order valence-corrected chi connectivity index (χ4v) is 6.93. The van der Waals surface area contributed by atoms with Crippen molar-refractivity contribution in [3.63, 3.8) is 0 Å². The van der Waals surface area contributed by atoms with Crippen molar-refractivity contribution in [1.29, 1.82) is 0 Å². The molecule has 1 atom stereocenters. The van der Waals surface area contributed by atoms with Crippen LogP contribution < -0.4 is 10.6 Å². The minimum Gasteiger partial charge on any atom is -0.352 e. The van der Waals surface area contributed by atoms with Crippen molar-refractivity contribution < 1.29 is 9.59 Å². The number of amides is 2. The molecule has 0 radical (unpaired) electrons. The highest BCUT2D eigenvalue weighted by Crippen LogP contribution is 2.41. The maximum Gasteiger partial charge on any atom is 0.234 e. The lowest BCUT2D eigenvalue weighted by Gasteiger charge is -2.36. The number of thiophene rings is 1. The summed E-state index contributed by atoms with van der Waals surface area (Å²) in [4.78, 5) is 41.1. The van der Waals surface area contributed by atoms with E-state index in [1.165, 1.54) is 10.4 Å². The molecule has 3 N–H and O–H groups in total. The molecule has 196 valence electrons. The Balaban J connectivity index is 1.02. The monoisotopic (exact) mass is 530 g/mol. The predicted molar refractivity (Wildman–Crippen MR) is 146 cm³/mol. The molecule has 0 unspecified atom stereocenters. The average molecular weight is 531 g/mol. The lowest BCUT2D eigenvalue weighted by atomic mass is 9.86. The molecule has 3 aliphatic rings. The van der Waals surface area contributed by atoms with Gasteiger partial charge in [-0.3, -0.25) is 19.6 Å². The molecule has 2 fully saturated rings. The molecule has 1 aliphatic heterocycles. The van der Waals surface area contributed by atoms with E-state index >= 15 is 0 Å². The molecular formula is C27H30N8O2S. The van der Waals surface area contributed by atoms with Crippen LogP contribution in [0.1, 0.15) is 29.7 Å². The number of rotatable bonds is 6. The first-order valence-corrected chi connectivity index (χ1v) is 14.2. The van der Waals surface area contributed by atoms with Gasteiger partial charge in [0, 0.05) is 54.1 Å². The second-order valence-corrected chi connectivity index (χ2v) is 11.7. The van der Waals surface area contributed by atoms with Crippen LogP contribution in [0, 0.1) is 5.92 Å². The van der Waals surface area contributed by atoms with Gasteiger partial charge in [0.2, 0.25) is 11.8 Å². The Morgan fingerprint density at radius 2 is 1.97 bits per heavy atom. The summed E-state index contributed by atoms with van der Waals surface area (Å²) in [7, 11) is 0. The topological polar surface area (TPSA) is 119 Å². The van der Waals surface area contributed by atoms with Gasteiger partial charge in [0.05, 0.1) is 23.6 Å². The molecule has 2 aliphatic carbocycles. The fourth-order valence-electron chi connectivity index (χ4n) is 5.66. The summed E-state index contributed by atoms with van der Waals surface area (Å²) in [5.74, 6) is 1.15. The minimum absolute atomic E-state index is 0.00635. The van der Waals surface area contributed by atoms with Crippen molar-refractivity contribution in [1.82, 2.24) is 35.3 Å². The van der Waals surface area contributed by atoms with Crippen LogP contribution in [0.3, 0.4) is 0 Å². The Morgan fingerprint density at radius 1 is 1.11 bits per heavy atom. The first-order chi connectivity index (χ1) is 18.6. The van der Waals surface area contributed by atoms with Crippen LogP contribution in [0.25, 0.3) is 21.1 Å². The lowest BCUT2D eigenvalue weighted by Crippen LogP contribution is -2.52. The summed E-state index contributed by atoms with van der Waals surface area (Å²) in [6.07, 6.45) is 8.04. The SMILES string of the molecule is O=C(CN1CCN(C(=O)[C@H]2CCc3c(sc4ncnc(Nc5ccc6[nH]ncc6c5)c34)C2)CC1)NC1CC1. The second kappa shape index (κ2) is 9.63.